The zero-order valence-corrected chi connectivity index (χ0v) is 12.4. The molecule has 1 heterocycles. The Bertz CT molecular complexity index is 693. The van der Waals surface area contributed by atoms with Crippen molar-refractivity contribution in [3.63, 3.8) is 0 Å². The molecular weight excluding hydrogens is 294 g/mol. The van der Waals surface area contributed by atoms with Crippen molar-refractivity contribution in [3.05, 3.63) is 42.1 Å². The van der Waals surface area contributed by atoms with Crippen molar-refractivity contribution in [1.29, 1.82) is 0 Å². The first-order chi connectivity index (χ1) is 9.82. The van der Waals surface area contributed by atoms with E-state index in [0.717, 1.165) is 0 Å². The fourth-order valence-electron chi connectivity index (χ4n) is 1.50. The molecule has 1 amide bonds. The van der Waals surface area contributed by atoms with Crippen LogP contribution in [0.1, 0.15) is 13.8 Å². The minimum absolute atomic E-state index is 0.0379. The molecule has 21 heavy (non-hydrogen) atoms. The Morgan fingerprint density at radius 2 is 1.90 bits per heavy atom. The van der Waals surface area contributed by atoms with Crippen molar-refractivity contribution in [2.24, 2.45) is 10.2 Å². The normalized spacial score (nSPS) is 15.1. The second kappa shape index (κ2) is 5.74. The topological polar surface area (TPSA) is 97.2 Å². The van der Waals surface area contributed by atoms with Crippen LogP contribution in [0.5, 0.6) is 5.75 Å². The Labute approximate surface area is 122 Å². The molecule has 2 rings (SSSR count). The van der Waals surface area contributed by atoms with Crippen LogP contribution in [0.3, 0.4) is 0 Å². The van der Waals surface area contributed by atoms with E-state index in [4.69, 9.17) is 4.18 Å². The average molecular weight is 309 g/mol. The summed E-state index contributed by atoms with van der Waals surface area (Å²) in [6.07, 6.45) is 1.30. The Balaban J connectivity index is 2.05. The zero-order chi connectivity index (χ0) is 15.5. The van der Waals surface area contributed by atoms with Gasteiger partial charge in [-0.2, -0.15) is 13.5 Å². The van der Waals surface area contributed by atoms with Gasteiger partial charge in [0, 0.05) is 6.54 Å². The van der Waals surface area contributed by atoms with Gasteiger partial charge in [0.15, 0.2) is 4.87 Å². The summed E-state index contributed by atoms with van der Waals surface area (Å²) in [5, 5.41) is 9.56. The third-order valence-electron chi connectivity index (χ3n) is 2.92. The Morgan fingerprint density at radius 1 is 1.24 bits per heavy atom. The van der Waals surface area contributed by atoms with Gasteiger partial charge in [-0.3, -0.25) is 10.1 Å². The maximum Gasteiger partial charge on any atom is 0.327 e. The Kier molecular flexibility index (Phi) is 4.19. The molecule has 0 saturated carbocycles. The van der Waals surface area contributed by atoms with Crippen molar-refractivity contribution in [2.45, 2.75) is 18.7 Å². The molecule has 0 aromatic heterocycles. The lowest BCUT2D eigenvalue weighted by atomic mass is 10.2. The highest BCUT2D eigenvalue weighted by molar-refractivity contribution is 7.88. The number of rotatable bonds is 6. The number of carbonyl (C=O) groups is 1. The maximum absolute atomic E-state index is 12.3. The number of carbonyl (C=O) groups excluding carboxylic acids is 1. The third-order valence-corrected chi connectivity index (χ3v) is 4.72. The van der Waals surface area contributed by atoms with E-state index in [1.807, 2.05) is 0 Å². The van der Waals surface area contributed by atoms with E-state index in [0.29, 0.717) is 5.57 Å². The number of azo groups is 1. The molecule has 8 heteroatoms. The number of nitrogens with zero attached hydrogens (tertiary/aromatic N) is 2. The minimum atomic E-state index is -3.93. The lowest BCUT2D eigenvalue weighted by Gasteiger charge is -2.25. The first-order valence-corrected chi connectivity index (χ1v) is 7.61. The lowest BCUT2D eigenvalue weighted by Crippen LogP contribution is -2.49. The quantitative estimate of drug-likeness (QED) is 0.805. The van der Waals surface area contributed by atoms with Crippen LogP contribution in [0.2, 0.25) is 0 Å². The van der Waals surface area contributed by atoms with Crippen LogP contribution in [-0.4, -0.2) is 25.7 Å². The first-order valence-electron chi connectivity index (χ1n) is 6.20. The summed E-state index contributed by atoms with van der Waals surface area (Å²) in [7, 11) is -3.93. The summed E-state index contributed by atoms with van der Waals surface area (Å²) in [5.74, 6) is -0.242. The maximum atomic E-state index is 12.3. The van der Waals surface area contributed by atoms with Crippen LogP contribution >= 0.6 is 0 Å². The molecule has 1 aromatic rings. The van der Waals surface area contributed by atoms with Crippen LogP contribution in [0.4, 0.5) is 0 Å². The largest absolute Gasteiger partial charge is 0.381 e. The lowest BCUT2D eigenvalue weighted by molar-refractivity contribution is -0.114. The average Bonchev–Trinajstić information content (AvgIpc) is 2.82. The van der Waals surface area contributed by atoms with Gasteiger partial charge in [0.05, 0.1) is 11.8 Å². The summed E-state index contributed by atoms with van der Waals surface area (Å²) in [6.45, 7) is 2.95. The molecule has 1 aliphatic heterocycles. The highest BCUT2D eigenvalue weighted by Crippen LogP contribution is 2.20. The molecule has 0 fully saturated rings. The highest BCUT2D eigenvalue weighted by Gasteiger charge is 2.36. The first kappa shape index (κ1) is 15.3. The molecule has 112 valence electrons. The molecule has 1 aromatic carbocycles. The monoisotopic (exact) mass is 309 g/mol. The van der Waals surface area contributed by atoms with Gasteiger partial charge >= 0.3 is 10.1 Å². The minimum Gasteiger partial charge on any atom is -0.381 e. The zero-order valence-electron chi connectivity index (χ0n) is 11.6. The third kappa shape index (κ3) is 3.53. The standard InChI is InChI=1S/C13H15N3O4S/c1-13(2,14-8-10-9-15-16-12(10)17)21(18,19)20-11-6-4-3-5-7-11/h3-7,9,14H,8H2,1-2H3. The number of benzene rings is 1. The molecule has 0 aliphatic carbocycles. The second-order valence-corrected chi connectivity index (χ2v) is 6.98. The van der Waals surface area contributed by atoms with E-state index < -0.39 is 20.9 Å². The Morgan fingerprint density at radius 3 is 2.48 bits per heavy atom. The van der Waals surface area contributed by atoms with E-state index in [-0.39, 0.29) is 12.3 Å². The predicted molar refractivity (Wildman–Crippen MR) is 76.0 cm³/mol. The van der Waals surface area contributed by atoms with E-state index in [1.165, 1.54) is 20.0 Å². The van der Waals surface area contributed by atoms with Crippen molar-refractivity contribution < 1.29 is 17.4 Å². The smallest absolute Gasteiger partial charge is 0.327 e. The van der Waals surface area contributed by atoms with Gasteiger partial charge in [0.2, 0.25) is 0 Å². The van der Waals surface area contributed by atoms with Crippen LogP contribution < -0.4 is 9.50 Å². The Hall–Kier alpha value is -2.06. The van der Waals surface area contributed by atoms with E-state index in [9.17, 15) is 13.2 Å². The van der Waals surface area contributed by atoms with Crippen molar-refractivity contribution >= 4 is 16.0 Å². The number of hydrogen-bond donors (Lipinski definition) is 1. The van der Waals surface area contributed by atoms with Crippen molar-refractivity contribution in [1.82, 2.24) is 5.32 Å². The van der Waals surface area contributed by atoms with Crippen LogP contribution in [0, 0.1) is 0 Å². The molecule has 1 aliphatic rings. The van der Waals surface area contributed by atoms with Gasteiger partial charge in [-0.1, -0.05) is 18.2 Å². The molecule has 0 saturated heterocycles. The molecular formula is C13H15N3O4S. The number of hydrogen-bond acceptors (Lipinski definition) is 6. The van der Waals surface area contributed by atoms with Crippen molar-refractivity contribution in [3.8, 4) is 5.75 Å². The molecule has 0 radical (unpaired) electrons. The fraction of sp³-hybridized carbons (Fsp3) is 0.308. The summed E-state index contributed by atoms with van der Waals surface area (Å²) < 4.78 is 29.6. The van der Waals surface area contributed by atoms with Crippen LogP contribution in [0.25, 0.3) is 0 Å². The summed E-state index contributed by atoms with van der Waals surface area (Å²) >= 11 is 0. The fourth-order valence-corrected chi connectivity index (χ4v) is 2.32. The number of nitrogens with one attached hydrogen (secondary N) is 1. The molecule has 0 atom stereocenters. The van der Waals surface area contributed by atoms with Gasteiger partial charge in [-0.15, -0.1) is 5.11 Å². The van der Waals surface area contributed by atoms with Crippen molar-refractivity contribution in [2.75, 3.05) is 6.54 Å². The van der Waals surface area contributed by atoms with Gasteiger partial charge in [0.25, 0.3) is 5.91 Å². The predicted octanol–water partition coefficient (Wildman–Crippen LogP) is 1.60. The van der Waals surface area contributed by atoms with Gasteiger partial charge in [-0.05, 0) is 26.0 Å². The van der Waals surface area contributed by atoms with Crippen LogP contribution in [-0.2, 0) is 14.9 Å². The van der Waals surface area contributed by atoms with Crippen LogP contribution in [0.15, 0.2) is 52.3 Å². The molecule has 0 unspecified atom stereocenters. The number of amides is 1. The summed E-state index contributed by atoms with van der Waals surface area (Å²) in [6, 6.07) is 8.21. The van der Waals surface area contributed by atoms with Gasteiger partial charge in [-0.25, -0.2) is 0 Å². The molecule has 1 N–H and O–H groups in total. The van der Waals surface area contributed by atoms with E-state index >= 15 is 0 Å². The summed E-state index contributed by atoms with van der Waals surface area (Å²) in [5.41, 5.74) is 0.304. The van der Waals surface area contributed by atoms with E-state index in [1.54, 1.807) is 30.3 Å². The van der Waals surface area contributed by atoms with Gasteiger partial charge < -0.3 is 4.18 Å². The number of para-hydroxylation sites is 1. The highest BCUT2D eigenvalue weighted by atomic mass is 32.2. The SMILES string of the molecule is CC(C)(NCC1=CN=NC1=O)S(=O)(=O)Oc1ccccc1. The second-order valence-electron chi connectivity index (χ2n) is 4.89. The molecule has 0 bridgehead atoms. The summed E-state index contributed by atoms with van der Waals surface area (Å²) in [4.78, 5) is 9.90. The molecule has 0 spiro atoms. The van der Waals surface area contributed by atoms with Gasteiger partial charge in [0.1, 0.15) is 5.75 Å². The molecule has 7 nitrogen and oxygen atoms in total. The van der Waals surface area contributed by atoms with E-state index in [2.05, 4.69) is 15.5 Å².